The van der Waals surface area contributed by atoms with Crippen molar-refractivity contribution in [3.8, 4) is 0 Å². The molecule has 1 heterocycles. The molecule has 0 aromatic heterocycles. The Morgan fingerprint density at radius 3 is 2.50 bits per heavy atom. The molecule has 0 radical (unpaired) electrons. The summed E-state index contributed by atoms with van der Waals surface area (Å²) in [6, 6.07) is -0.613. The minimum atomic E-state index is -3.42. The highest BCUT2D eigenvalue weighted by Crippen LogP contribution is 2.21. The van der Waals surface area contributed by atoms with Gasteiger partial charge in [-0.1, -0.05) is 6.92 Å². The number of urea groups is 1. The lowest BCUT2D eigenvalue weighted by molar-refractivity contribution is -0.143. The number of nitrogens with one attached hydrogen (secondary N) is 2. The third-order valence-electron chi connectivity index (χ3n) is 3.36. The number of aliphatic carboxylic acids is 1. The van der Waals surface area contributed by atoms with Crippen molar-refractivity contribution in [2.75, 3.05) is 25.4 Å². The second kappa shape index (κ2) is 7.77. The first-order valence-corrected chi connectivity index (χ1v) is 9.01. The first kappa shape index (κ1) is 18.7. The molecule has 1 rings (SSSR count). The van der Waals surface area contributed by atoms with Crippen LogP contribution in [0.25, 0.3) is 0 Å². The summed E-state index contributed by atoms with van der Waals surface area (Å²) in [5.41, 5.74) is 0. The molecule has 128 valence electrons. The van der Waals surface area contributed by atoms with E-state index in [1.165, 1.54) is 4.90 Å². The molecule has 8 nitrogen and oxygen atoms in total. The Hall–Kier alpha value is -1.35. The fourth-order valence-electron chi connectivity index (χ4n) is 2.52. The number of piperidine rings is 1. The Kier molecular flexibility index (Phi) is 6.61. The molecular formula is C13H25N3O5S. The Labute approximate surface area is 131 Å². The number of likely N-dealkylation sites (tertiary alicyclic amines) is 1. The molecule has 2 atom stereocenters. The summed E-state index contributed by atoms with van der Waals surface area (Å²) < 4.78 is 25.7. The van der Waals surface area contributed by atoms with E-state index >= 15 is 0 Å². The molecule has 0 aromatic carbocycles. The predicted molar refractivity (Wildman–Crippen MR) is 81.9 cm³/mol. The summed E-state index contributed by atoms with van der Waals surface area (Å²) in [5, 5.41) is 11.6. The van der Waals surface area contributed by atoms with Crippen molar-refractivity contribution in [1.82, 2.24) is 14.9 Å². The van der Waals surface area contributed by atoms with Crippen molar-refractivity contribution in [1.29, 1.82) is 0 Å². The number of amides is 2. The first-order chi connectivity index (χ1) is 10.1. The molecule has 0 spiro atoms. The van der Waals surface area contributed by atoms with Crippen LogP contribution in [0.5, 0.6) is 0 Å². The van der Waals surface area contributed by atoms with E-state index in [2.05, 4.69) is 10.0 Å². The van der Waals surface area contributed by atoms with Gasteiger partial charge >= 0.3 is 12.0 Å². The molecule has 2 unspecified atom stereocenters. The zero-order valence-corrected chi connectivity index (χ0v) is 14.0. The van der Waals surface area contributed by atoms with E-state index in [0.717, 1.165) is 0 Å². The van der Waals surface area contributed by atoms with Crippen LogP contribution in [0.15, 0.2) is 0 Å². The maximum Gasteiger partial charge on any atom is 0.317 e. The van der Waals surface area contributed by atoms with Crippen molar-refractivity contribution >= 4 is 22.0 Å². The van der Waals surface area contributed by atoms with Crippen molar-refractivity contribution in [2.45, 2.75) is 33.2 Å². The summed E-state index contributed by atoms with van der Waals surface area (Å²) >= 11 is 0. The molecule has 0 saturated carbocycles. The number of carboxylic acid groups (broad SMARTS) is 1. The topological polar surface area (TPSA) is 116 Å². The Bertz CT molecular complexity index is 506. The summed E-state index contributed by atoms with van der Waals surface area (Å²) in [6.07, 6.45) is 0.547. The number of carboxylic acids is 1. The maximum absolute atomic E-state index is 12.0. The summed E-state index contributed by atoms with van der Waals surface area (Å²) in [5.74, 6) is -1.58. The van der Waals surface area contributed by atoms with Gasteiger partial charge in [0, 0.05) is 25.7 Å². The highest BCUT2D eigenvalue weighted by molar-refractivity contribution is 7.89. The van der Waals surface area contributed by atoms with Gasteiger partial charge in [-0.2, -0.15) is 0 Å². The van der Waals surface area contributed by atoms with Crippen LogP contribution in [0.2, 0.25) is 0 Å². The van der Waals surface area contributed by atoms with Crippen molar-refractivity contribution in [3.63, 3.8) is 0 Å². The van der Waals surface area contributed by atoms with E-state index in [1.807, 2.05) is 6.92 Å². The van der Waals surface area contributed by atoms with Gasteiger partial charge in [0.15, 0.2) is 0 Å². The van der Waals surface area contributed by atoms with Gasteiger partial charge in [0.2, 0.25) is 10.0 Å². The van der Waals surface area contributed by atoms with Crippen LogP contribution in [0, 0.1) is 11.8 Å². The molecule has 2 amide bonds. The molecule has 0 aromatic rings. The lowest BCUT2D eigenvalue weighted by atomic mass is 9.91. The second-order valence-electron chi connectivity index (χ2n) is 6.10. The third kappa shape index (κ3) is 6.18. The summed E-state index contributed by atoms with van der Waals surface area (Å²) in [6.45, 7) is 5.96. The van der Waals surface area contributed by atoms with Crippen LogP contribution in [0.4, 0.5) is 4.79 Å². The molecule has 9 heteroatoms. The molecule has 0 bridgehead atoms. The van der Waals surface area contributed by atoms with E-state index in [0.29, 0.717) is 13.0 Å². The Morgan fingerprint density at radius 2 is 1.95 bits per heavy atom. The zero-order chi connectivity index (χ0) is 16.9. The maximum atomic E-state index is 12.0. The van der Waals surface area contributed by atoms with Crippen molar-refractivity contribution in [2.24, 2.45) is 11.8 Å². The van der Waals surface area contributed by atoms with Gasteiger partial charge in [-0.25, -0.2) is 17.9 Å². The molecule has 22 heavy (non-hydrogen) atoms. The van der Waals surface area contributed by atoms with Gasteiger partial charge in [-0.3, -0.25) is 4.79 Å². The lowest BCUT2D eigenvalue weighted by Crippen LogP contribution is -2.50. The van der Waals surface area contributed by atoms with E-state index in [4.69, 9.17) is 5.11 Å². The lowest BCUT2D eigenvalue weighted by Gasteiger charge is -2.34. The van der Waals surface area contributed by atoms with E-state index in [-0.39, 0.29) is 30.8 Å². The predicted octanol–water partition coefficient (Wildman–Crippen LogP) is 0.0664. The minimum Gasteiger partial charge on any atom is -0.481 e. The van der Waals surface area contributed by atoms with Gasteiger partial charge in [0.1, 0.15) is 0 Å². The number of sulfonamides is 1. The number of carbonyl (C=O) groups excluding carboxylic acids is 1. The molecule has 3 N–H and O–H groups in total. The molecule has 0 aliphatic carbocycles. The van der Waals surface area contributed by atoms with Crippen LogP contribution >= 0.6 is 0 Å². The molecule has 1 saturated heterocycles. The molecule has 1 aliphatic rings. The average Bonchev–Trinajstić information content (AvgIpc) is 2.35. The molecular weight excluding hydrogens is 310 g/mol. The quantitative estimate of drug-likeness (QED) is 0.635. The van der Waals surface area contributed by atoms with Crippen molar-refractivity contribution in [3.05, 3.63) is 0 Å². The monoisotopic (exact) mass is 335 g/mol. The number of hydrogen-bond donors (Lipinski definition) is 3. The highest BCUT2D eigenvalue weighted by atomic mass is 32.2. The van der Waals surface area contributed by atoms with Gasteiger partial charge in [-0.05, 0) is 26.2 Å². The van der Waals surface area contributed by atoms with Crippen LogP contribution in [-0.4, -0.2) is 61.9 Å². The first-order valence-electron chi connectivity index (χ1n) is 7.36. The van der Waals surface area contributed by atoms with Crippen LogP contribution in [0.1, 0.15) is 27.2 Å². The van der Waals surface area contributed by atoms with Gasteiger partial charge < -0.3 is 15.3 Å². The van der Waals surface area contributed by atoms with E-state index < -0.39 is 27.9 Å². The second-order valence-corrected chi connectivity index (χ2v) is 7.98. The highest BCUT2D eigenvalue weighted by Gasteiger charge is 2.31. The Balaban J connectivity index is 2.46. The smallest absolute Gasteiger partial charge is 0.317 e. The van der Waals surface area contributed by atoms with Gasteiger partial charge in [0.25, 0.3) is 0 Å². The number of nitrogens with zero attached hydrogens (tertiary/aromatic N) is 1. The van der Waals surface area contributed by atoms with Crippen LogP contribution in [-0.2, 0) is 14.8 Å². The minimum absolute atomic E-state index is 0.0104. The summed E-state index contributed by atoms with van der Waals surface area (Å²) in [7, 11) is -3.42. The number of carbonyl (C=O) groups is 2. The summed E-state index contributed by atoms with van der Waals surface area (Å²) in [4.78, 5) is 24.5. The van der Waals surface area contributed by atoms with Crippen LogP contribution < -0.4 is 10.0 Å². The number of hydrogen-bond acceptors (Lipinski definition) is 4. The standard InChI is InChI=1S/C13H25N3O5S/c1-9(2)15-22(20,21)5-4-14-13(19)16-7-10(3)6-11(8-16)12(17)18/h9-11,15H,4-8H2,1-3H3,(H,14,19)(H,17,18). The largest absolute Gasteiger partial charge is 0.481 e. The fourth-order valence-corrected chi connectivity index (χ4v) is 3.73. The normalized spacial score (nSPS) is 22.6. The van der Waals surface area contributed by atoms with Crippen molar-refractivity contribution < 1.29 is 23.1 Å². The number of rotatable bonds is 6. The van der Waals surface area contributed by atoms with E-state index in [1.54, 1.807) is 13.8 Å². The molecule has 1 fully saturated rings. The molecule has 1 aliphatic heterocycles. The van der Waals surface area contributed by atoms with E-state index in [9.17, 15) is 18.0 Å². The van der Waals surface area contributed by atoms with Gasteiger partial charge in [0.05, 0.1) is 11.7 Å². The SMILES string of the molecule is CC1CC(C(=O)O)CN(C(=O)NCCS(=O)(=O)NC(C)C)C1. The zero-order valence-electron chi connectivity index (χ0n) is 13.2. The average molecular weight is 335 g/mol. The Morgan fingerprint density at radius 1 is 1.32 bits per heavy atom. The van der Waals surface area contributed by atoms with Gasteiger partial charge in [-0.15, -0.1) is 0 Å². The third-order valence-corrected chi connectivity index (χ3v) is 4.93. The fraction of sp³-hybridized carbons (Fsp3) is 0.846. The van der Waals surface area contributed by atoms with Crippen LogP contribution in [0.3, 0.4) is 0 Å².